The second kappa shape index (κ2) is 9.50. The highest BCUT2D eigenvalue weighted by Gasteiger charge is 2.58. The van der Waals surface area contributed by atoms with E-state index in [0.29, 0.717) is 48.2 Å². The summed E-state index contributed by atoms with van der Waals surface area (Å²) in [5.41, 5.74) is 2.97. The van der Waals surface area contributed by atoms with Crippen molar-refractivity contribution in [1.29, 1.82) is 0 Å². The lowest BCUT2D eigenvalue weighted by Gasteiger charge is -2.59. The third-order valence-corrected chi connectivity index (χ3v) is 9.38. The van der Waals surface area contributed by atoms with E-state index in [2.05, 4.69) is 40.0 Å². The fourth-order valence-electron chi connectivity index (χ4n) is 7.49. The topological polar surface area (TPSA) is 101 Å². The van der Waals surface area contributed by atoms with Crippen LogP contribution in [0.15, 0.2) is 59.8 Å². The molecule has 2 atom stereocenters. The molecule has 0 saturated heterocycles. The van der Waals surface area contributed by atoms with Crippen molar-refractivity contribution in [3.63, 3.8) is 0 Å². The molecule has 0 aliphatic heterocycles. The molecule has 1 aromatic carbocycles. The quantitative estimate of drug-likeness (QED) is 0.397. The van der Waals surface area contributed by atoms with E-state index >= 15 is 0 Å². The second-order valence-corrected chi connectivity index (χ2v) is 12.4. The van der Waals surface area contributed by atoms with Gasteiger partial charge in [-0.15, -0.1) is 0 Å². The monoisotopic (exact) mass is 524 g/mol. The van der Waals surface area contributed by atoms with Crippen molar-refractivity contribution < 1.29 is 4.79 Å². The summed E-state index contributed by atoms with van der Waals surface area (Å²) >= 11 is 0. The van der Waals surface area contributed by atoms with E-state index in [4.69, 9.17) is 4.98 Å². The minimum Gasteiger partial charge on any atom is -0.366 e. The van der Waals surface area contributed by atoms with Crippen LogP contribution in [-0.2, 0) is 11.3 Å². The first-order valence-electron chi connectivity index (χ1n) is 14.4. The van der Waals surface area contributed by atoms with Gasteiger partial charge in [-0.3, -0.25) is 9.59 Å². The Bertz CT molecular complexity index is 1410. The Labute approximate surface area is 228 Å². The number of carbonyl (C=O) groups excluding carboxylic acids is 1. The predicted octanol–water partition coefficient (Wildman–Crippen LogP) is 4.62. The fourth-order valence-corrected chi connectivity index (χ4v) is 7.49. The summed E-state index contributed by atoms with van der Waals surface area (Å²) in [5, 5.41) is 10.5. The van der Waals surface area contributed by atoms with E-state index < -0.39 is 0 Å². The maximum absolute atomic E-state index is 13.2. The largest absolute Gasteiger partial charge is 0.366 e. The minimum absolute atomic E-state index is 0.0150. The van der Waals surface area contributed by atoms with Crippen molar-refractivity contribution in [3.05, 3.63) is 76.3 Å². The summed E-state index contributed by atoms with van der Waals surface area (Å²) in [6, 6.07) is 12.1. The zero-order chi connectivity index (χ0) is 26.6. The number of benzene rings is 1. The maximum atomic E-state index is 13.2. The van der Waals surface area contributed by atoms with Gasteiger partial charge >= 0.3 is 0 Å². The van der Waals surface area contributed by atoms with Crippen LogP contribution in [0.2, 0.25) is 0 Å². The molecular weight excluding hydrogens is 488 g/mol. The molecule has 1 amide bonds. The van der Waals surface area contributed by atoms with Crippen LogP contribution in [-0.4, -0.2) is 32.5 Å². The Morgan fingerprint density at radius 1 is 1.03 bits per heavy atom. The molecule has 5 saturated carbocycles. The number of hydrogen-bond donors (Lipinski definition) is 3. The number of nitrogens with zero attached hydrogens (tertiary/aromatic N) is 3. The predicted molar refractivity (Wildman–Crippen MR) is 151 cm³/mol. The van der Waals surface area contributed by atoms with Crippen LogP contribution in [0.3, 0.4) is 0 Å². The number of nitrogens with one attached hydrogen (secondary N) is 3. The van der Waals surface area contributed by atoms with Crippen LogP contribution in [0.1, 0.15) is 56.1 Å². The minimum atomic E-state index is -0.144. The summed E-state index contributed by atoms with van der Waals surface area (Å²) < 4.78 is 1.98. The van der Waals surface area contributed by atoms with Gasteiger partial charge in [0.05, 0.1) is 5.41 Å². The van der Waals surface area contributed by atoms with Crippen molar-refractivity contribution in [2.24, 2.45) is 23.2 Å². The lowest BCUT2D eigenvalue weighted by molar-refractivity contribution is -0.147. The molecule has 0 radical (unpaired) electrons. The number of anilines is 3. The number of carbonyl (C=O) groups is 1. The lowest BCUT2D eigenvalue weighted by atomic mass is 9.47. The van der Waals surface area contributed by atoms with Crippen LogP contribution in [0, 0.1) is 30.1 Å². The first-order chi connectivity index (χ1) is 18.9. The lowest BCUT2D eigenvalue weighted by Crippen LogP contribution is -2.60. The van der Waals surface area contributed by atoms with Gasteiger partial charge in [0, 0.05) is 60.6 Å². The smallest absolute Gasteiger partial charge is 0.229 e. The Morgan fingerprint density at radius 2 is 1.74 bits per heavy atom. The number of aromatic nitrogens is 3. The van der Waals surface area contributed by atoms with E-state index in [1.165, 1.54) is 12.8 Å². The highest BCUT2D eigenvalue weighted by atomic mass is 16.2. The molecule has 3 N–H and O–H groups in total. The van der Waals surface area contributed by atoms with E-state index in [1.54, 1.807) is 24.5 Å². The van der Waals surface area contributed by atoms with Crippen LogP contribution >= 0.6 is 0 Å². The molecule has 39 heavy (non-hydrogen) atoms. The molecule has 2 heterocycles. The second-order valence-electron chi connectivity index (χ2n) is 12.4. The third-order valence-electron chi connectivity index (χ3n) is 9.38. The highest BCUT2D eigenvalue weighted by Crippen LogP contribution is 2.60. The molecule has 5 fully saturated rings. The molecule has 0 spiro atoms. The van der Waals surface area contributed by atoms with Crippen LogP contribution in [0.4, 0.5) is 17.5 Å². The Balaban J connectivity index is 1.02. The number of aryl methyl sites for hydroxylation is 1. The first kappa shape index (κ1) is 24.4. The highest BCUT2D eigenvalue weighted by molar-refractivity contribution is 5.84. The zero-order valence-electron chi connectivity index (χ0n) is 22.4. The van der Waals surface area contributed by atoms with Crippen LogP contribution < -0.4 is 21.4 Å². The number of amides is 1. The van der Waals surface area contributed by atoms with Crippen molar-refractivity contribution in [2.45, 2.75) is 70.5 Å². The van der Waals surface area contributed by atoms with Gasteiger partial charge in [0.25, 0.3) is 0 Å². The molecule has 5 aliphatic carbocycles. The number of rotatable bonds is 8. The molecule has 202 valence electrons. The average molecular weight is 525 g/mol. The summed E-state index contributed by atoms with van der Waals surface area (Å²) in [5.74, 6) is 3.50. The molecule has 8 heteroatoms. The van der Waals surface area contributed by atoms with E-state index in [1.807, 2.05) is 22.9 Å². The Hall–Kier alpha value is -3.68. The average Bonchev–Trinajstić information content (AvgIpc) is 3.74. The Kier molecular flexibility index (Phi) is 5.94. The normalized spacial score (nSPS) is 28.7. The zero-order valence-corrected chi connectivity index (χ0v) is 22.4. The Morgan fingerprint density at radius 3 is 2.44 bits per heavy atom. The molecule has 4 bridgehead atoms. The van der Waals surface area contributed by atoms with Gasteiger partial charge in [-0.05, 0) is 87.3 Å². The maximum Gasteiger partial charge on any atom is 0.229 e. The molecule has 5 aliphatic rings. The number of hydrogen-bond acceptors (Lipinski definition) is 6. The van der Waals surface area contributed by atoms with Crippen molar-refractivity contribution in [1.82, 2.24) is 19.9 Å². The van der Waals surface area contributed by atoms with Crippen molar-refractivity contribution >= 4 is 23.4 Å². The molecular formula is C31H36N6O2. The van der Waals surface area contributed by atoms with E-state index in [9.17, 15) is 9.59 Å². The summed E-state index contributed by atoms with van der Waals surface area (Å²) in [4.78, 5) is 34.0. The van der Waals surface area contributed by atoms with Gasteiger partial charge in [0.1, 0.15) is 5.82 Å². The standard InChI is InChI=1S/C31H36N6O2/c1-19-17-32-30(34-25-4-2-20(3-5-25)18-37-10-8-26(38)9-11-37)36-28(19)35-27-22-12-21-13-23(27)16-31(14-21,15-22)29(39)33-24-6-7-24/h2-5,8-11,17,21-24,27H,6-7,12-16,18H2,1H3,(H,33,39)(H2,32,34,35,36). The van der Waals surface area contributed by atoms with Gasteiger partial charge in [0.2, 0.25) is 11.9 Å². The molecule has 8 rings (SSSR count). The number of pyridine rings is 1. The molecule has 2 aromatic heterocycles. The van der Waals surface area contributed by atoms with Gasteiger partial charge < -0.3 is 20.5 Å². The van der Waals surface area contributed by atoms with Crippen molar-refractivity contribution in [2.75, 3.05) is 10.6 Å². The van der Waals surface area contributed by atoms with Gasteiger partial charge in [-0.2, -0.15) is 4.98 Å². The van der Waals surface area contributed by atoms with Crippen LogP contribution in [0.5, 0.6) is 0 Å². The van der Waals surface area contributed by atoms with E-state index in [-0.39, 0.29) is 10.8 Å². The van der Waals surface area contributed by atoms with Gasteiger partial charge in [-0.25, -0.2) is 4.98 Å². The SMILES string of the molecule is Cc1cnc(Nc2ccc(Cn3ccc(=O)cc3)cc2)nc1NC1C2CC3CC1CC(C(=O)NC1CC1)(C3)C2. The van der Waals surface area contributed by atoms with E-state index in [0.717, 1.165) is 54.7 Å². The first-order valence-corrected chi connectivity index (χ1v) is 14.4. The molecule has 3 aromatic rings. The third kappa shape index (κ3) is 4.92. The summed E-state index contributed by atoms with van der Waals surface area (Å²) in [7, 11) is 0. The summed E-state index contributed by atoms with van der Waals surface area (Å²) in [6.07, 6.45) is 13.3. The van der Waals surface area contributed by atoms with Crippen molar-refractivity contribution in [3.8, 4) is 0 Å². The molecule has 2 unspecified atom stereocenters. The fraction of sp³-hybridized carbons (Fsp3) is 0.484. The van der Waals surface area contributed by atoms with Gasteiger partial charge in [-0.1, -0.05) is 12.1 Å². The van der Waals surface area contributed by atoms with Crippen LogP contribution in [0.25, 0.3) is 0 Å². The van der Waals surface area contributed by atoms with Gasteiger partial charge in [0.15, 0.2) is 5.43 Å². The summed E-state index contributed by atoms with van der Waals surface area (Å²) in [6.45, 7) is 2.75. The molecule has 8 nitrogen and oxygen atoms in total.